The second-order valence-corrected chi connectivity index (χ2v) is 11.5. The molecule has 3 aromatic carbocycles. The number of hydrogen-bond acceptors (Lipinski definition) is 6. The van der Waals surface area contributed by atoms with Crippen LogP contribution in [0, 0.1) is 5.82 Å². The van der Waals surface area contributed by atoms with Gasteiger partial charge < -0.3 is 24.3 Å². The molecule has 2 aromatic heterocycles. The Kier molecular flexibility index (Phi) is 9.68. The van der Waals surface area contributed by atoms with Gasteiger partial charge in [-0.05, 0) is 60.2 Å². The van der Waals surface area contributed by atoms with Gasteiger partial charge in [0.05, 0.1) is 28.5 Å². The van der Waals surface area contributed by atoms with Gasteiger partial charge in [0.15, 0.2) is 0 Å². The molecule has 0 spiro atoms. The van der Waals surface area contributed by atoms with Gasteiger partial charge >= 0.3 is 12.8 Å². The molecule has 9 nitrogen and oxygen atoms in total. The van der Waals surface area contributed by atoms with Crippen LogP contribution in [0.25, 0.3) is 10.9 Å². The Morgan fingerprint density at radius 1 is 0.920 bits per heavy atom. The number of piperazine rings is 1. The second kappa shape index (κ2) is 14.1. The average molecular weight is 698 g/mol. The Balaban J connectivity index is 1.06. The molecule has 1 fully saturated rings. The molecule has 5 aromatic rings. The monoisotopic (exact) mass is 697 g/mol. The molecule has 6 rings (SSSR count). The third-order valence-electron chi connectivity index (χ3n) is 8.18. The molecule has 0 unspecified atom stereocenters. The molecule has 1 aliphatic rings. The number of pyridine rings is 1. The van der Waals surface area contributed by atoms with Crippen LogP contribution in [0.1, 0.15) is 32.0 Å². The molecule has 1 N–H and O–H groups in total. The highest BCUT2D eigenvalue weighted by molar-refractivity contribution is 6.04. The highest BCUT2D eigenvalue weighted by Gasteiger charge is 2.32. The van der Waals surface area contributed by atoms with E-state index in [2.05, 4.69) is 19.9 Å². The van der Waals surface area contributed by atoms with Gasteiger partial charge in [-0.1, -0.05) is 12.1 Å². The van der Waals surface area contributed by atoms with E-state index in [0.717, 1.165) is 22.5 Å². The number of rotatable bonds is 9. The quantitative estimate of drug-likeness (QED) is 0.162. The van der Waals surface area contributed by atoms with E-state index >= 15 is 0 Å². The minimum Gasteiger partial charge on any atom is -0.439 e. The van der Waals surface area contributed by atoms with Crippen molar-refractivity contribution in [3.05, 3.63) is 113 Å². The molecule has 3 heterocycles. The van der Waals surface area contributed by atoms with Crippen LogP contribution in [0.2, 0.25) is 0 Å². The Labute approximate surface area is 281 Å². The van der Waals surface area contributed by atoms with Crippen molar-refractivity contribution in [2.45, 2.75) is 19.3 Å². The maximum Gasteiger partial charge on any atom is 0.416 e. The lowest BCUT2D eigenvalue weighted by Gasteiger charge is -2.34. The lowest BCUT2D eigenvalue weighted by atomic mass is 10.1. The van der Waals surface area contributed by atoms with Crippen molar-refractivity contribution in [3.8, 4) is 17.4 Å². The predicted molar refractivity (Wildman–Crippen MR) is 171 cm³/mol. The zero-order chi connectivity index (χ0) is 35.6. The first-order valence-electron chi connectivity index (χ1n) is 15.3. The lowest BCUT2D eigenvalue weighted by Crippen LogP contribution is -2.48. The Morgan fingerprint density at radius 3 is 2.38 bits per heavy atom. The van der Waals surface area contributed by atoms with E-state index in [0.29, 0.717) is 50.2 Å². The number of hydrogen-bond donors (Lipinski definition) is 1. The van der Waals surface area contributed by atoms with Crippen molar-refractivity contribution >= 4 is 28.4 Å². The summed E-state index contributed by atoms with van der Waals surface area (Å²) in [4.78, 5) is 34.0. The van der Waals surface area contributed by atoms with Crippen molar-refractivity contribution in [1.82, 2.24) is 19.4 Å². The van der Waals surface area contributed by atoms with Crippen LogP contribution in [0.4, 0.5) is 32.0 Å². The summed E-state index contributed by atoms with van der Waals surface area (Å²) in [6.45, 7) is -0.167. The van der Waals surface area contributed by atoms with E-state index in [1.54, 1.807) is 52.9 Å². The number of carbonyl (C=O) groups excluding carboxylic acids is 2. The molecule has 50 heavy (non-hydrogen) atoms. The summed E-state index contributed by atoms with van der Waals surface area (Å²) in [6, 6.07) is 18.2. The summed E-state index contributed by atoms with van der Waals surface area (Å²) in [5, 5.41) is 3.21. The van der Waals surface area contributed by atoms with Gasteiger partial charge in [-0.3, -0.25) is 14.5 Å². The third-order valence-corrected chi connectivity index (χ3v) is 8.18. The molecule has 260 valence electrons. The normalized spacial score (nSPS) is 13.9. The predicted octanol–water partition coefficient (Wildman–Crippen LogP) is 7.34. The minimum atomic E-state index is -4.74. The van der Waals surface area contributed by atoms with Gasteiger partial charge in [0.2, 0.25) is 5.88 Å². The summed E-state index contributed by atoms with van der Waals surface area (Å²) >= 11 is 0. The van der Waals surface area contributed by atoms with Crippen molar-refractivity contribution in [1.29, 1.82) is 0 Å². The van der Waals surface area contributed by atoms with Crippen molar-refractivity contribution < 1.29 is 45.4 Å². The molecular weight excluding hydrogens is 668 g/mol. The Morgan fingerprint density at radius 2 is 1.70 bits per heavy atom. The molecule has 0 aliphatic carbocycles. The summed E-state index contributed by atoms with van der Waals surface area (Å²) in [7, 11) is 1.78. The number of aryl methyl sites for hydroxylation is 1. The van der Waals surface area contributed by atoms with Gasteiger partial charge in [0.25, 0.3) is 11.8 Å². The summed E-state index contributed by atoms with van der Waals surface area (Å²) in [6.07, 6.45) is -3.49. The number of aromatic nitrogens is 2. The van der Waals surface area contributed by atoms with Crippen LogP contribution in [-0.4, -0.2) is 64.0 Å². The lowest BCUT2D eigenvalue weighted by molar-refractivity contribution is -0.137. The molecule has 1 saturated heterocycles. The van der Waals surface area contributed by atoms with Crippen LogP contribution in [-0.2, 0) is 19.8 Å². The largest absolute Gasteiger partial charge is 0.439 e. The minimum absolute atomic E-state index is 0.103. The summed E-state index contributed by atoms with van der Waals surface area (Å²) in [5.41, 5.74) is 0.462. The Hall–Kier alpha value is -5.57. The number of ether oxygens (including phenoxy) is 2. The number of alkyl halides is 5. The number of fused-ring (bicyclic) bond motifs is 1. The van der Waals surface area contributed by atoms with Crippen molar-refractivity contribution in [2.24, 2.45) is 7.05 Å². The highest BCUT2D eigenvalue weighted by Crippen LogP contribution is 2.31. The second-order valence-electron chi connectivity index (χ2n) is 11.5. The number of amides is 2. The van der Waals surface area contributed by atoms with Crippen molar-refractivity contribution in [3.63, 3.8) is 0 Å². The molecule has 0 radical (unpaired) electrons. The van der Waals surface area contributed by atoms with Crippen LogP contribution < -0.4 is 14.8 Å². The standard InChI is InChI=1S/C35H29F6N5O4/c1-44-29-18-26(49-31-10-7-24(19-42-31)43-32(47)27-9-6-23(17-28(27)36)35(39,40)41)8-5-22(29)16-30(44)33(48)46-13-11-45(12-14-46)20-21-3-2-4-25(15-21)50-34(37)38/h2-10,15-19,34H,11-14,20H2,1H3,(H,43,47). The smallest absolute Gasteiger partial charge is 0.416 e. The van der Waals surface area contributed by atoms with Crippen LogP contribution in [0.15, 0.2) is 85.1 Å². The fourth-order valence-corrected chi connectivity index (χ4v) is 5.64. The van der Waals surface area contributed by atoms with Gasteiger partial charge in [-0.2, -0.15) is 22.0 Å². The van der Waals surface area contributed by atoms with E-state index in [4.69, 9.17) is 4.74 Å². The van der Waals surface area contributed by atoms with Crippen molar-refractivity contribution in [2.75, 3.05) is 31.5 Å². The topological polar surface area (TPSA) is 88.9 Å². The molecule has 0 bridgehead atoms. The van der Waals surface area contributed by atoms with E-state index in [-0.39, 0.29) is 29.3 Å². The molecule has 0 atom stereocenters. The average Bonchev–Trinajstić information content (AvgIpc) is 3.40. The highest BCUT2D eigenvalue weighted by atomic mass is 19.4. The first-order chi connectivity index (χ1) is 23.8. The van der Waals surface area contributed by atoms with E-state index in [1.807, 2.05) is 6.07 Å². The number of anilines is 1. The molecule has 15 heteroatoms. The SMILES string of the molecule is Cn1c(C(=O)N2CCN(Cc3cccc(OC(F)F)c3)CC2)cc2ccc(Oc3ccc(NC(=O)c4ccc(C(F)(F)F)cc4F)cn3)cc21. The molecule has 0 saturated carbocycles. The summed E-state index contributed by atoms with van der Waals surface area (Å²) in [5.74, 6) is -1.70. The van der Waals surface area contributed by atoms with Gasteiger partial charge in [0, 0.05) is 57.3 Å². The maximum absolute atomic E-state index is 14.2. The molecule has 2 amide bonds. The number of nitrogens with one attached hydrogen (secondary N) is 1. The fraction of sp³-hybridized carbons (Fsp3) is 0.229. The number of halogens is 6. The number of carbonyl (C=O) groups is 2. The molecular formula is C35H29F6N5O4. The van der Waals surface area contributed by atoms with E-state index < -0.39 is 35.6 Å². The fourth-order valence-electron chi connectivity index (χ4n) is 5.64. The molecule has 1 aliphatic heterocycles. The van der Waals surface area contributed by atoms with Crippen LogP contribution in [0.5, 0.6) is 17.4 Å². The summed E-state index contributed by atoms with van der Waals surface area (Å²) < 4.78 is 89.9. The third kappa shape index (κ3) is 7.83. The first kappa shape index (κ1) is 34.3. The van der Waals surface area contributed by atoms with Gasteiger partial charge in [-0.15, -0.1) is 0 Å². The van der Waals surface area contributed by atoms with Crippen LogP contribution in [0.3, 0.4) is 0 Å². The van der Waals surface area contributed by atoms with Gasteiger partial charge in [-0.25, -0.2) is 9.37 Å². The number of nitrogens with zero attached hydrogens (tertiary/aromatic N) is 4. The van der Waals surface area contributed by atoms with E-state index in [1.165, 1.54) is 24.4 Å². The zero-order valence-corrected chi connectivity index (χ0v) is 26.4. The van der Waals surface area contributed by atoms with E-state index in [9.17, 15) is 35.9 Å². The zero-order valence-electron chi connectivity index (χ0n) is 26.4. The Bertz CT molecular complexity index is 2020. The first-order valence-corrected chi connectivity index (χ1v) is 15.3. The van der Waals surface area contributed by atoms with Crippen LogP contribution >= 0.6 is 0 Å². The maximum atomic E-state index is 14.2. The van der Waals surface area contributed by atoms with Gasteiger partial charge in [0.1, 0.15) is 23.0 Å². The number of benzene rings is 3.